The highest BCUT2D eigenvalue weighted by molar-refractivity contribution is 6.05. The number of rotatable bonds is 0. The molecule has 0 spiro atoms. The highest BCUT2D eigenvalue weighted by Crippen LogP contribution is 2.53. The van der Waals surface area contributed by atoms with Crippen molar-refractivity contribution in [1.29, 1.82) is 0 Å². The lowest BCUT2D eigenvalue weighted by atomic mass is 9.56. The molecule has 0 amide bonds. The molecule has 2 saturated carbocycles. The molecule has 0 bridgehead atoms. The van der Waals surface area contributed by atoms with Gasteiger partial charge >= 0.3 is 0 Å². The third kappa shape index (κ3) is 0.627. The van der Waals surface area contributed by atoms with Crippen LogP contribution < -0.4 is 0 Å². The standard InChI is InChI=1S/C9H12O2/c1-9(2)7-5(8(9)11)3-4-6(7)10/h5,7H,3-4H2,1-2H3. The number of carbonyl (C=O) groups excluding carboxylic acids is 2. The molecule has 0 heterocycles. The molecular formula is C9H12O2. The maximum atomic E-state index is 11.4. The Hall–Kier alpha value is -0.660. The first-order valence-corrected chi connectivity index (χ1v) is 4.12. The summed E-state index contributed by atoms with van der Waals surface area (Å²) in [4.78, 5) is 22.6. The van der Waals surface area contributed by atoms with E-state index >= 15 is 0 Å². The summed E-state index contributed by atoms with van der Waals surface area (Å²) >= 11 is 0. The van der Waals surface area contributed by atoms with Gasteiger partial charge in [0.2, 0.25) is 0 Å². The summed E-state index contributed by atoms with van der Waals surface area (Å²) in [5, 5.41) is 0. The molecule has 2 unspecified atom stereocenters. The summed E-state index contributed by atoms with van der Waals surface area (Å²) in [6, 6.07) is 0. The van der Waals surface area contributed by atoms with Crippen LogP contribution in [0.3, 0.4) is 0 Å². The summed E-state index contributed by atoms with van der Waals surface area (Å²) in [6.07, 6.45) is 1.44. The van der Waals surface area contributed by atoms with Crippen LogP contribution in [0.4, 0.5) is 0 Å². The zero-order valence-electron chi connectivity index (χ0n) is 6.89. The molecule has 0 aromatic rings. The van der Waals surface area contributed by atoms with Crippen molar-refractivity contribution in [3.8, 4) is 0 Å². The van der Waals surface area contributed by atoms with Crippen LogP contribution in [0.1, 0.15) is 26.7 Å². The van der Waals surface area contributed by atoms with Crippen LogP contribution >= 0.6 is 0 Å². The molecule has 0 aromatic heterocycles. The van der Waals surface area contributed by atoms with Gasteiger partial charge < -0.3 is 0 Å². The Morgan fingerprint density at radius 3 is 2.55 bits per heavy atom. The van der Waals surface area contributed by atoms with Gasteiger partial charge in [0.1, 0.15) is 11.6 Å². The van der Waals surface area contributed by atoms with E-state index in [1.165, 1.54) is 0 Å². The van der Waals surface area contributed by atoms with Crippen LogP contribution in [0, 0.1) is 17.3 Å². The predicted octanol–water partition coefficient (Wildman–Crippen LogP) is 1.19. The Labute approximate surface area is 66.0 Å². The minimum absolute atomic E-state index is 0.0648. The van der Waals surface area contributed by atoms with Crippen molar-refractivity contribution in [1.82, 2.24) is 0 Å². The fourth-order valence-corrected chi connectivity index (χ4v) is 2.57. The van der Waals surface area contributed by atoms with E-state index in [-0.39, 0.29) is 17.3 Å². The van der Waals surface area contributed by atoms with Gasteiger partial charge in [-0.3, -0.25) is 9.59 Å². The Kier molecular flexibility index (Phi) is 1.11. The summed E-state index contributed by atoms with van der Waals surface area (Å²) in [6.45, 7) is 3.78. The fraction of sp³-hybridized carbons (Fsp3) is 0.778. The normalized spacial score (nSPS) is 40.2. The first-order valence-electron chi connectivity index (χ1n) is 4.12. The molecule has 2 fully saturated rings. The molecule has 0 aromatic carbocycles. The molecule has 0 saturated heterocycles. The maximum Gasteiger partial charge on any atom is 0.143 e. The van der Waals surface area contributed by atoms with E-state index in [4.69, 9.17) is 0 Å². The van der Waals surface area contributed by atoms with Crippen LogP contribution in [0.25, 0.3) is 0 Å². The van der Waals surface area contributed by atoms with E-state index in [2.05, 4.69) is 0 Å². The molecule has 2 atom stereocenters. The van der Waals surface area contributed by atoms with E-state index in [1.54, 1.807) is 0 Å². The van der Waals surface area contributed by atoms with E-state index in [9.17, 15) is 9.59 Å². The molecule has 2 rings (SSSR count). The Balaban J connectivity index is 2.32. The summed E-state index contributed by atoms with van der Waals surface area (Å²) in [5.41, 5.74) is -0.335. The Morgan fingerprint density at radius 2 is 2.00 bits per heavy atom. The van der Waals surface area contributed by atoms with Gasteiger partial charge in [-0.15, -0.1) is 0 Å². The SMILES string of the molecule is CC1(C)C(=O)C2CCC(=O)C21. The van der Waals surface area contributed by atoms with Crippen molar-refractivity contribution in [2.75, 3.05) is 0 Å². The average molecular weight is 152 g/mol. The Morgan fingerprint density at radius 1 is 1.36 bits per heavy atom. The van der Waals surface area contributed by atoms with Gasteiger partial charge in [0.25, 0.3) is 0 Å². The predicted molar refractivity (Wildman–Crippen MR) is 40.0 cm³/mol. The molecule has 60 valence electrons. The van der Waals surface area contributed by atoms with Gasteiger partial charge in [-0.2, -0.15) is 0 Å². The molecule has 2 aliphatic carbocycles. The van der Waals surface area contributed by atoms with Gasteiger partial charge in [0.15, 0.2) is 0 Å². The molecule has 11 heavy (non-hydrogen) atoms. The average Bonchev–Trinajstić information content (AvgIpc) is 2.29. The van der Waals surface area contributed by atoms with E-state index in [0.717, 1.165) is 6.42 Å². The van der Waals surface area contributed by atoms with Gasteiger partial charge in [-0.05, 0) is 6.42 Å². The van der Waals surface area contributed by atoms with Gasteiger partial charge in [0, 0.05) is 23.7 Å². The number of hydrogen-bond donors (Lipinski definition) is 0. The monoisotopic (exact) mass is 152 g/mol. The molecule has 2 aliphatic rings. The minimum atomic E-state index is -0.335. The lowest BCUT2D eigenvalue weighted by Gasteiger charge is -2.44. The number of Topliss-reactive ketones (excluding diaryl/α,β-unsaturated/α-hetero) is 2. The third-order valence-electron chi connectivity index (χ3n) is 3.20. The smallest absolute Gasteiger partial charge is 0.143 e. The highest BCUT2D eigenvalue weighted by atomic mass is 16.1. The molecule has 2 heteroatoms. The molecule has 0 aliphatic heterocycles. The summed E-state index contributed by atoms with van der Waals surface area (Å²) < 4.78 is 0. The summed E-state index contributed by atoms with van der Waals surface area (Å²) in [5.74, 6) is 0.764. The Bertz CT molecular complexity index is 240. The van der Waals surface area contributed by atoms with Gasteiger partial charge in [-0.25, -0.2) is 0 Å². The second kappa shape index (κ2) is 1.74. The van der Waals surface area contributed by atoms with Crippen molar-refractivity contribution in [2.24, 2.45) is 17.3 Å². The topological polar surface area (TPSA) is 34.1 Å². The van der Waals surface area contributed by atoms with Crippen molar-refractivity contribution < 1.29 is 9.59 Å². The van der Waals surface area contributed by atoms with E-state index in [1.807, 2.05) is 13.8 Å². The second-order valence-electron chi connectivity index (χ2n) is 4.18. The van der Waals surface area contributed by atoms with Crippen molar-refractivity contribution in [3.05, 3.63) is 0 Å². The molecule has 0 N–H and O–H groups in total. The number of ketones is 2. The fourth-order valence-electron chi connectivity index (χ4n) is 2.57. The molecule has 0 radical (unpaired) electrons. The van der Waals surface area contributed by atoms with Crippen LogP contribution in [-0.2, 0) is 9.59 Å². The first kappa shape index (κ1) is 7.01. The van der Waals surface area contributed by atoms with Crippen molar-refractivity contribution in [2.45, 2.75) is 26.7 Å². The maximum absolute atomic E-state index is 11.4. The van der Waals surface area contributed by atoms with Gasteiger partial charge in [-0.1, -0.05) is 13.8 Å². The summed E-state index contributed by atoms with van der Waals surface area (Å²) in [7, 11) is 0. The van der Waals surface area contributed by atoms with Crippen molar-refractivity contribution >= 4 is 11.6 Å². The highest BCUT2D eigenvalue weighted by Gasteiger charge is 2.61. The van der Waals surface area contributed by atoms with E-state index < -0.39 is 0 Å². The second-order valence-corrected chi connectivity index (χ2v) is 4.18. The third-order valence-corrected chi connectivity index (χ3v) is 3.20. The quantitative estimate of drug-likeness (QED) is 0.522. The zero-order chi connectivity index (χ0) is 8.22. The van der Waals surface area contributed by atoms with Crippen LogP contribution in [0.5, 0.6) is 0 Å². The molecular weight excluding hydrogens is 140 g/mol. The van der Waals surface area contributed by atoms with Crippen LogP contribution in [0.15, 0.2) is 0 Å². The zero-order valence-corrected chi connectivity index (χ0v) is 6.89. The van der Waals surface area contributed by atoms with E-state index in [0.29, 0.717) is 18.0 Å². The minimum Gasteiger partial charge on any atom is -0.299 e. The van der Waals surface area contributed by atoms with Crippen LogP contribution in [-0.4, -0.2) is 11.6 Å². The van der Waals surface area contributed by atoms with Crippen LogP contribution in [0.2, 0.25) is 0 Å². The van der Waals surface area contributed by atoms with Gasteiger partial charge in [0.05, 0.1) is 0 Å². The molecule has 2 nitrogen and oxygen atoms in total. The lowest BCUT2D eigenvalue weighted by Crippen LogP contribution is -2.53. The van der Waals surface area contributed by atoms with Crippen molar-refractivity contribution in [3.63, 3.8) is 0 Å². The lowest BCUT2D eigenvalue weighted by molar-refractivity contribution is -0.155. The number of hydrogen-bond acceptors (Lipinski definition) is 2. The number of carbonyl (C=O) groups is 2. The number of fused-ring (bicyclic) bond motifs is 1. The largest absolute Gasteiger partial charge is 0.299 e. The first-order chi connectivity index (χ1) is 5.05.